The maximum Gasteiger partial charge on any atom is 0.251 e. The highest BCUT2D eigenvalue weighted by molar-refractivity contribution is 7.89. The third kappa shape index (κ3) is 9.57. The van der Waals surface area contributed by atoms with Crippen molar-refractivity contribution < 1.29 is 13.2 Å². The lowest BCUT2D eigenvalue weighted by molar-refractivity contribution is 0.0953. The normalized spacial score (nSPS) is 12.0. The number of nitrogens with zero attached hydrogens (tertiary/aromatic N) is 1. The first-order valence-electron chi connectivity index (χ1n) is 10.9. The molecule has 33 heavy (non-hydrogen) atoms. The van der Waals surface area contributed by atoms with E-state index < -0.39 is 15.6 Å². The molecule has 0 saturated carbocycles. The zero-order valence-corrected chi connectivity index (χ0v) is 22.0. The highest BCUT2D eigenvalue weighted by Gasteiger charge is 2.22. The predicted octanol–water partition coefficient (Wildman–Crippen LogP) is 3.91. The molecule has 0 spiro atoms. The van der Waals surface area contributed by atoms with E-state index in [1.165, 1.54) is 12.1 Å². The summed E-state index contributed by atoms with van der Waals surface area (Å²) in [6.45, 7) is 12.2. The first-order chi connectivity index (χ1) is 15.4. The first kappa shape index (κ1) is 28.7. The molecule has 182 valence electrons. The molecule has 0 fully saturated rings. The average molecular weight is 493 g/mol. The maximum absolute atomic E-state index is 12.5. The Morgan fingerprint density at radius 2 is 1.70 bits per heavy atom. The number of carbonyl (C=O) groups is 1. The van der Waals surface area contributed by atoms with E-state index >= 15 is 0 Å². The summed E-state index contributed by atoms with van der Waals surface area (Å²) in [5.74, 6) is 0.137. The van der Waals surface area contributed by atoms with Crippen LogP contribution in [0.3, 0.4) is 0 Å². The summed E-state index contributed by atoms with van der Waals surface area (Å²) in [5, 5.41) is 2.85. The van der Waals surface area contributed by atoms with Gasteiger partial charge < -0.3 is 11.1 Å². The van der Waals surface area contributed by atoms with Crippen LogP contribution in [-0.4, -0.2) is 38.8 Å². The van der Waals surface area contributed by atoms with E-state index in [2.05, 4.69) is 27.7 Å². The van der Waals surface area contributed by atoms with Crippen LogP contribution >= 0.6 is 12.6 Å². The Bertz CT molecular complexity index is 1060. The fourth-order valence-corrected chi connectivity index (χ4v) is 4.59. The number of amidine groups is 1. The van der Waals surface area contributed by atoms with Crippen LogP contribution in [-0.2, 0) is 10.0 Å². The summed E-state index contributed by atoms with van der Waals surface area (Å²) >= 11 is 4.38. The summed E-state index contributed by atoms with van der Waals surface area (Å²) in [4.78, 5) is 16.9. The number of benzene rings is 2. The Morgan fingerprint density at radius 3 is 2.24 bits per heavy atom. The summed E-state index contributed by atoms with van der Waals surface area (Å²) < 4.78 is 27.5. The zero-order chi connectivity index (χ0) is 25.2. The first-order valence-corrected chi connectivity index (χ1v) is 12.8. The van der Waals surface area contributed by atoms with Crippen LogP contribution in [0.25, 0.3) is 0 Å². The molecule has 0 radical (unpaired) electrons. The molecule has 0 aliphatic heterocycles. The van der Waals surface area contributed by atoms with Crippen molar-refractivity contribution in [3.05, 3.63) is 59.2 Å². The van der Waals surface area contributed by atoms with E-state index in [9.17, 15) is 13.2 Å². The van der Waals surface area contributed by atoms with Crippen molar-refractivity contribution in [1.29, 1.82) is 0 Å². The lowest BCUT2D eigenvalue weighted by atomic mass is 10.1. The molecule has 0 heterocycles. The van der Waals surface area contributed by atoms with Gasteiger partial charge in [0.2, 0.25) is 10.0 Å². The molecule has 9 heteroatoms. The fourth-order valence-electron chi connectivity index (χ4n) is 2.73. The molecule has 0 bridgehead atoms. The summed E-state index contributed by atoms with van der Waals surface area (Å²) in [6.07, 6.45) is 0.613. The molecular formula is C24H36N4O3S2. The number of nitrogens with one attached hydrogen (secondary N) is 2. The number of hydrogen-bond donors (Lipinski definition) is 4. The highest BCUT2D eigenvalue weighted by Crippen LogP contribution is 2.20. The van der Waals surface area contributed by atoms with Gasteiger partial charge in [0.05, 0.1) is 4.90 Å². The molecule has 2 rings (SSSR count). The number of rotatable bonds is 8. The number of sulfonamides is 1. The van der Waals surface area contributed by atoms with E-state index in [1.54, 1.807) is 39.0 Å². The molecule has 7 nitrogen and oxygen atoms in total. The SMILES string of the molecule is CC.Cc1ccc(C(=O)NCCCN=C(N)c2ccc(S(=O)(=O)NC(C)(C)C)cc2S)cc1. The van der Waals surface area contributed by atoms with Gasteiger partial charge in [-0.05, 0) is 64.4 Å². The number of nitrogens with two attached hydrogens (primary N) is 1. The maximum atomic E-state index is 12.5. The van der Waals surface area contributed by atoms with E-state index in [1.807, 2.05) is 32.9 Å². The van der Waals surface area contributed by atoms with Crippen molar-refractivity contribution in [3.8, 4) is 0 Å². The Kier molecular flexibility index (Phi) is 11.1. The minimum Gasteiger partial charge on any atom is -0.383 e. The van der Waals surface area contributed by atoms with Crippen molar-refractivity contribution >= 4 is 34.4 Å². The fraction of sp³-hybridized carbons (Fsp3) is 0.417. The standard InChI is InChI=1S/C22H30N4O3S2.C2H6/c1-15-6-8-16(9-7-15)21(27)25-13-5-12-24-20(23)18-11-10-17(14-19(18)30)31(28,29)26-22(2,3)4;1-2/h6-11,14,26,30H,5,12-13H2,1-4H3,(H2,23,24)(H,25,27);1-2H3. The summed E-state index contributed by atoms with van der Waals surface area (Å²) in [5.41, 5.74) is 7.73. The van der Waals surface area contributed by atoms with Gasteiger partial charge in [-0.1, -0.05) is 31.5 Å². The number of aryl methyl sites for hydroxylation is 1. The quantitative estimate of drug-likeness (QED) is 0.194. The minimum absolute atomic E-state index is 0.114. The number of amides is 1. The van der Waals surface area contributed by atoms with E-state index in [-0.39, 0.29) is 16.6 Å². The number of thiol groups is 1. The second kappa shape index (κ2) is 12.8. The van der Waals surface area contributed by atoms with Gasteiger partial charge in [0.1, 0.15) is 5.84 Å². The number of carbonyl (C=O) groups excluding carboxylic acids is 1. The Hall–Kier alpha value is -2.36. The largest absolute Gasteiger partial charge is 0.383 e. The van der Waals surface area contributed by atoms with E-state index in [4.69, 9.17) is 5.73 Å². The van der Waals surface area contributed by atoms with Gasteiger partial charge in [0, 0.05) is 34.7 Å². The van der Waals surface area contributed by atoms with Gasteiger partial charge in [-0.25, -0.2) is 13.1 Å². The highest BCUT2D eigenvalue weighted by atomic mass is 32.2. The van der Waals surface area contributed by atoms with Crippen LogP contribution in [0.2, 0.25) is 0 Å². The smallest absolute Gasteiger partial charge is 0.251 e. The topological polar surface area (TPSA) is 114 Å². The van der Waals surface area contributed by atoms with Crippen LogP contribution < -0.4 is 15.8 Å². The van der Waals surface area contributed by atoms with Crippen molar-refractivity contribution in [2.45, 2.75) is 63.3 Å². The van der Waals surface area contributed by atoms with Gasteiger partial charge >= 0.3 is 0 Å². The van der Waals surface area contributed by atoms with Crippen molar-refractivity contribution in [2.24, 2.45) is 10.7 Å². The number of hydrogen-bond acceptors (Lipinski definition) is 5. The monoisotopic (exact) mass is 492 g/mol. The molecule has 0 aliphatic rings. The molecule has 4 N–H and O–H groups in total. The lowest BCUT2D eigenvalue weighted by Gasteiger charge is -2.20. The molecule has 0 aromatic heterocycles. The molecule has 1 amide bonds. The second-order valence-electron chi connectivity index (χ2n) is 8.28. The third-order valence-electron chi connectivity index (χ3n) is 4.21. The van der Waals surface area contributed by atoms with Crippen molar-refractivity contribution in [2.75, 3.05) is 13.1 Å². The molecule has 2 aromatic rings. The lowest BCUT2D eigenvalue weighted by Crippen LogP contribution is -2.40. The average Bonchev–Trinajstić information content (AvgIpc) is 2.73. The van der Waals surface area contributed by atoms with Crippen LogP contribution in [0.4, 0.5) is 0 Å². The molecular weight excluding hydrogens is 456 g/mol. The Labute approximate surface area is 203 Å². The molecule has 2 aromatic carbocycles. The molecule has 0 atom stereocenters. The van der Waals surface area contributed by atoms with Crippen LogP contribution in [0.1, 0.15) is 62.5 Å². The molecule has 0 unspecified atom stereocenters. The van der Waals surface area contributed by atoms with Gasteiger partial charge in [-0.2, -0.15) is 0 Å². The van der Waals surface area contributed by atoms with Crippen LogP contribution in [0, 0.1) is 6.92 Å². The van der Waals surface area contributed by atoms with Crippen LogP contribution in [0.15, 0.2) is 57.2 Å². The predicted molar refractivity (Wildman–Crippen MR) is 139 cm³/mol. The van der Waals surface area contributed by atoms with Gasteiger partial charge in [-0.3, -0.25) is 9.79 Å². The third-order valence-corrected chi connectivity index (χ3v) is 6.34. The molecule has 0 saturated heterocycles. The zero-order valence-electron chi connectivity index (χ0n) is 20.3. The molecule has 0 aliphatic carbocycles. The minimum atomic E-state index is -3.66. The van der Waals surface area contributed by atoms with E-state index in [0.717, 1.165) is 5.56 Å². The van der Waals surface area contributed by atoms with Gasteiger partial charge in [-0.15, -0.1) is 12.6 Å². The van der Waals surface area contributed by atoms with E-state index in [0.29, 0.717) is 35.5 Å². The van der Waals surface area contributed by atoms with Crippen molar-refractivity contribution in [1.82, 2.24) is 10.0 Å². The van der Waals surface area contributed by atoms with Gasteiger partial charge in [0.15, 0.2) is 0 Å². The Morgan fingerprint density at radius 1 is 1.09 bits per heavy atom. The summed E-state index contributed by atoms with van der Waals surface area (Å²) in [6, 6.07) is 11.9. The van der Waals surface area contributed by atoms with Gasteiger partial charge in [0.25, 0.3) is 5.91 Å². The second-order valence-corrected chi connectivity index (χ2v) is 10.4. The van der Waals surface area contributed by atoms with Crippen molar-refractivity contribution in [3.63, 3.8) is 0 Å². The number of aliphatic imine (C=N–C) groups is 1. The summed E-state index contributed by atoms with van der Waals surface area (Å²) in [7, 11) is -3.66. The Balaban J connectivity index is 0.00000265. The van der Waals surface area contributed by atoms with Crippen LogP contribution in [0.5, 0.6) is 0 Å².